The van der Waals surface area contributed by atoms with Crippen molar-refractivity contribution in [3.63, 3.8) is 0 Å². The maximum Gasteiger partial charge on any atom is 0.559 e. The van der Waals surface area contributed by atoms with Crippen LogP contribution in [0.15, 0.2) is 71.1 Å². The second-order valence-electron chi connectivity index (χ2n) is 10.8. The summed E-state index contributed by atoms with van der Waals surface area (Å²) in [6.07, 6.45) is 0.690. The highest BCUT2D eigenvalue weighted by Crippen LogP contribution is 2.42. The number of imide groups is 1. The Kier molecular flexibility index (Phi) is 9.66. The molecule has 10 nitrogen and oxygen atoms in total. The molecule has 1 fully saturated rings. The van der Waals surface area contributed by atoms with Crippen LogP contribution in [0.3, 0.4) is 0 Å². The van der Waals surface area contributed by atoms with Gasteiger partial charge in [-0.05, 0) is 66.8 Å². The van der Waals surface area contributed by atoms with E-state index >= 15 is 0 Å². The average Bonchev–Trinajstić information content (AvgIpc) is 3.63. The molecule has 0 spiro atoms. The van der Waals surface area contributed by atoms with Crippen LogP contribution < -0.4 is 14.8 Å². The number of fused-ring (bicyclic) bond motifs is 1. The number of amidine groups is 1. The molecule has 4 amide bonds. The first-order valence-corrected chi connectivity index (χ1v) is 15.7. The van der Waals surface area contributed by atoms with Crippen molar-refractivity contribution in [2.75, 3.05) is 51.3 Å². The normalized spacial score (nSPS) is 18.5. The molecule has 1 N–H and O–H groups in total. The molecule has 0 radical (unpaired) electrons. The van der Waals surface area contributed by atoms with E-state index in [1.54, 1.807) is 23.6 Å². The molecule has 3 aromatic rings. The second-order valence-corrected chi connectivity index (χ2v) is 11.7. The maximum absolute atomic E-state index is 14.3. The molecule has 2 aliphatic rings. The summed E-state index contributed by atoms with van der Waals surface area (Å²) in [6.45, 7) is 9.26. The molecule has 3 heterocycles. The van der Waals surface area contributed by atoms with Gasteiger partial charge in [-0.3, -0.25) is 14.6 Å². The summed E-state index contributed by atoms with van der Waals surface area (Å²) in [4.78, 5) is 47.8. The standard InChI is InChI=1S/C32H38N6O4S/c1-4-6-21-42-32(41)38(31(40)37(5-2)26-10-8-7-9-11-26)30-27(16-22-43-30)28(34-38)33-29(39)25-14-12-24(13-15-25)23-36-19-17-35(3)18-20-36/h7-16,22H,4-6,17-21,23H2,1-3H3/p+1. The van der Waals surface area contributed by atoms with Crippen LogP contribution >= 0.6 is 11.3 Å². The predicted octanol–water partition coefficient (Wildman–Crippen LogP) is 5.49. The molecular formula is C32H39N6O4S+. The fourth-order valence-corrected chi connectivity index (χ4v) is 6.19. The minimum Gasteiger partial charge on any atom is -0.417 e. The number of likely N-dealkylation sites (N-methyl/N-ethyl adjacent to an activating group) is 1. The third kappa shape index (κ3) is 6.40. The Bertz CT molecular complexity index is 1470. The highest BCUT2D eigenvalue weighted by Gasteiger charge is 2.60. The van der Waals surface area contributed by atoms with Gasteiger partial charge >= 0.3 is 12.1 Å². The van der Waals surface area contributed by atoms with E-state index in [1.165, 1.54) is 16.2 Å². The number of carbonyl (C=O) groups is 3. The number of hydrogen-bond acceptors (Lipinski definition) is 8. The van der Waals surface area contributed by atoms with Crippen LogP contribution in [0.1, 0.15) is 48.2 Å². The van der Waals surface area contributed by atoms with Crippen LogP contribution in [0.4, 0.5) is 20.3 Å². The van der Waals surface area contributed by atoms with Crippen molar-refractivity contribution < 1.29 is 19.1 Å². The SMILES string of the molecule is CCCCOC(=O)[N+]1(C(=O)N(CC)c2ccccc2)N=C(NC(=O)c2ccc(CN3CCN(C)CC3)cc2)c2ccsc21. The Balaban J connectivity index is 1.41. The van der Waals surface area contributed by atoms with Crippen molar-refractivity contribution in [1.29, 1.82) is 0 Å². The Labute approximate surface area is 256 Å². The zero-order valence-electron chi connectivity index (χ0n) is 25.0. The molecular weight excluding hydrogens is 564 g/mol. The minimum absolute atomic E-state index is 0.160. The summed E-state index contributed by atoms with van der Waals surface area (Å²) < 4.78 is 4.60. The Morgan fingerprint density at radius 3 is 2.40 bits per heavy atom. The average molecular weight is 604 g/mol. The van der Waals surface area contributed by atoms with E-state index in [4.69, 9.17) is 4.74 Å². The molecule has 2 aliphatic heterocycles. The lowest BCUT2D eigenvalue weighted by Gasteiger charge is -2.32. The zero-order valence-corrected chi connectivity index (χ0v) is 25.8. The van der Waals surface area contributed by atoms with E-state index in [9.17, 15) is 14.4 Å². The topological polar surface area (TPSA) is 94.5 Å². The lowest BCUT2D eigenvalue weighted by molar-refractivity contribution is 0.0973. The number of anilines is 1. The monoisotopic (exact) mass is 603 g/mol. The van der Waals surface area contributed by atoms with E-state index in [0.29, 0.717) is 34.8 Å². The van der Waals surface area contributed by atoms with Crippen molar-refractivity contribution in [3.8, 4) is 0 Å². The van der Waals surface area contributed by atoms with E-state index in [0.717, 1.165) is 44.7 Å². The molecule has 1 saturated heterocycles. The third-order valence-electron chi connectivity index (χ3n) is 7.77. The number of amides is 4. The van der Waals surface area contributed by atoms with Gasteiger partial charge in [0, 0.05) is 55.1 Å². The lowest BCUT2D eigenvalue weighted by Crippen LogP contribution is -2.59. The van der Waals surface area contributed by atoms with Gasteiger partial charge in [0.05, 0.1) is 12.2 Å². The largest absolute Gasteiger partial charge is 0.559 e. The Morgan fingerprint density at radius 2 is 1.72 bits per heavy atom. The zero-order chi connectivity index (χ0) is 30.4. The third-order valence-corrected chi connectivity index (χ3v) is 8.75. The molecule has 11 heteroatoms. The smallest absolute Gasteiger partial charge is 0.417 e. The van der Waals surface area contributed by atoms with E-state index in [2.05, 4.69) is 27.3 Å². The highest BCUT2D eigenvalue weighted by molar-refractivity contribution is 7.14. The molecule has 0 bridgehead atoms. The van der Waals surface area contributed by atoms with Crippen molar-refractivity contribution in [1.82, 2.24) is 19.7 Å². The summed E-state index contributed by atoms with van der Waals surface area (Å²) >= 11 is 1.23. The van der Waals surface area contributed by atoms with Crippen LogP contribution in [0.25, 0.3) is 0 Å². The number of rotatable bonds is 8. The van der Waals surface area contributed by atoms with E-state index in [1.807, 2.05) is 56.3 Å². The Morgan fingerprint density at radius 1 is 1.00 bits per heavy atom. The van der Waals surface area contributed by atoms with Crippen molar-refractivity contribution in [2.45, 2.75) is 33.2 Å². The number of piperazine rings is 1. The number of quaternary nitrogens is 1. The van der Waals surface area contributed by atoms with Gasteiger partial charge in [0.25, 0.3) is 5.91 Å². The first kappa shape index (κ1) is 30.6. The summed E-state index contributed by atoms with van der Waals surface area (Å²) in [5.74, 6) is -0.211. The molecule has 2 aromatic carbocycles. The van der Waals surface area contributed by atoms with Crippen LogP contribution in [-0.4, -0.2) is 80.0 Å². The van der Waals surface area contributed by atoms with Crippen molar-refractivity contribution in [2.24, 2.45) is 5.10 Å². The van der Waals surface area contributed by atoms with E-state index < -0.39 is 16.7 Å². The number of hydrogen-bond donors (Lipinski definition) is 1. The number of nitrogens with one attached hydrogen (secondary N) is 1. The summed E-state index contributed by atoms with van der Waals surface area (Å²) in [7, 11) is 2.13. The quantitative estimate of drug-likeness (QED) is 0.270. The number of ether oxygens (including phenoxy) is 1. The highest BCUT2D eigenvalue weighted by atomic mass is 32.1. The molecule has 1 aromatic heterocycles. The molecule has 1 atom stereocenters. The van der Waals surface area contributed by atoms with Crippen molar-refractivity contribution >= 4 is 45.9 Å². The van der Waals surface area contributed by atoms with Crippen LogP contribution in [-0.2, 0) is 11.3 Å². The first-order chi connectivity index (χ1) is 20.9. The number of nitrogens with zero attached hydrogens (tertiary/aromatic N) is 5. The molecule has 226 valence electrons. The molecule has 0 saturated carbocycles. The van der Waals surface area contributed by atoms with Gasteiger partial charge in [-0.1, -0.05) is 55.0 Å². The fourth-order valence-electron chi connectivity index (χ4n) is 5.22. The number of carbonyl (C=O) groups excluding carboxylic acids is 3. The predicted molar refractivity (Wildman–Crippen MR) is 170 cm³/mol. The minimum atomic E-state index is -1.03. The van der Waals surface area contributed by atoms with Crippen LogP contribution in [0, 0.1) is 0 Å². The van der Waals surface area contributed by atoms with Crippen LogP contribution in [0.2, 0.25) is 0 Å². The van der Waals surface area contributed by atoms with Gasteiger partial charge < -0.3 is 15.0 Å². The van der Waals surface area contributed by atoms with Gasteiger partial charge in [-0.2, -0.15) is 4.79 Å². The van der Waals surface area contributed by atoms with Gasteiger partial charge in [-0.25, -0.2) is 4.79 Å². The lowest BCUT2D eigenvalue weighted by atomic mass is 10.1. The molecule has 0 aliphatic carbocycles. The molecule has 1 unspecified atom stereocenters. The van der Waals surface area contributed by atoms with Gasteiger partial charge in [0.15, 0.2) is 0 Å². The van der Waals surface area contributed by atoms with Gasteiger partial charge in [-0.15, -0.1) is 0 Å². The number of para-hydroxylation sites is 1. The summed E-state index contributed by atoms with van der Waals surface area (Å²) in [6, 6.07) is 17.9. The second kappa shape index (κ2) is 13.6. The number of unbranched alkanes of at least 4 members (excludes halogenated alkanes) is 1. The maximum atomic E-state index is 14.3. The van der Waals surface area contributed by atoms with Gasteiger partial charge in [0.2, 0.25) is 10.8 Å². The van der Waals surface area contributed by atoms with Crippen LogP contribution in [0.5, 0.6) is 0 Å². The number of benzene rings is 2. The number of thiophene rings is 1. The molecule has 5 rings (SSSR count). The summed E-state index contributed by atoms with van der Waals surface area (Å²) in [5.41, 5.74) is 2.75. The fraction of sp³-hybridized carbons (Fsp3) is 0.375. The number of urea groups is 1. The first-order valence-electron chi connectivity index (χ1n) is 14.8. The molecule has 43 heavy (non-hydrogen) atoms. The van der Waals surface area contributed by atoms with Gasteiger partial charge in [0.1, 0.15) is 0 Å². The summed E-state index contributed by atoms with van der Waals surface area (Å²) in [5, 5.41) is 9.70. The van der Waals surface area contributed by atoms with E-state index in [-0.39, 0.29) is 18.3 Å². The Hall–Kier alpha value is -3.90. The van der Waals surface area contributed by atoms with Crippen molar-refractivity contribution in [3.05, 3.63) is 82.7 Å².